The third-order valence-corrected chi connectivity index (χ3v) is 7.35. The predicted molar refractivity (Wildman–Crippen MR) is 133 cm³/mol. The van der Waals surface area contributed by atoms with Crippen LogP contribution in [0.3, 0.4) is 0 Å². The summed E-state index contributed by atoms with van der Waals surface area (Å²) >= 11 is 3.71. The number of rotatable bonds is 2. The number of hydrogen-bond donors (Lipinski definition) is 1. The van der Waals surface area contributed by atoms with Gasteiger partial charge >= 0.3 is 6.09 Å². The number of aromatic amines is 1. The van der Waals surface area contributed by atoms with Crippen molar-refractivity contribution in [2.24, 2.45) is 5.92 Å². The first-order chi connectivity index (χ1) is 15.5. The Balaban J connectivity index is 1.64. The largest absolute Gasteiger partial charge is 0.443 e. The van der Waals surface area contributed by atoms with Gasteiger partial charge in [-0.2, -0.15) is 0 Å². The van der Waals surface area contributed by atoms with E-state index >= 15 is 0 Å². The molecule has 0 unspecified atom stereocenters. The van der Waals surface area contributed by atoms with Gasteiger partial charge in [0.05, 0.1) is 26.8 Å². The van der Waals surface area contributed by atoms with E-state index in [2.05, 4.69) is 42.7 Å². The molecule has 4 heterocycles. The van der Waals surface area contributed by atoms with Crippen LogP contribution < -0.4 is 9.80 Å². The quantitative estimate of drug-likeness (QED) is 0.510. The minimum Gasteiger partial charge on any atom is -0.443 e. The lowest BCUT2D eigenvalue weighted by molar-refractivity contribution is 0.0589. The van der Waals surface area contributed by atoms with Crippen LogP contribution in [0, 0.1) is 11.7 Å². The number of hydrogen-bond acceptors (Lipinski definition) is 5. The van der Waals surface area contributed by atoms with Gasteiger partial charge < -0.3 is 19.5 Å². The highest BCUT2D eigenvalue weighted by molar-refractivity contribution is 9.10. The molecule has 2 aromatic heterocycles. The van der Waals surface area contributed by atoms with Gasteiger partial charge in [-0.3, -0.25) is 4.90 Å². The van der Waals surface area contributed by atoms with E-state index in [0.717, 1.165) is 35.2 Å². The molecule has 0 spiro atoms. The molecule has 2 saturated heterocycles. The second-order valence-electron chi connectivity index (χ2n) is 10.2. The summed E-state index contributed by atoms with van der Waals surface area (Å²) in [5.74, 6) is 0.207. The van der Waals surface area contributed by atoms with Crippen LogP contribution in [0.5, 0.6) is 0 Å². The summed E-state index contributed by atoms with van der Waals surface area (Å²) < 4.78 is 21.3. The molecule has 0 bridgehead atoms. The molecule has 176 valence electrons. The number of fused-ring (bicyclic) bond motifs is 4. The molecule has 9 heteroatoms. The van der Waals surface area contributed by atoms with Crippen LogP contribution in [0.25, 0.3) is 21.9 Å². The van der Waals surface area contributed by atoms with Crippen LogP contribution in [-0.2, 0) is 4.74 Å². The Kier molecular flexibility index (Phi) is 5.32. The van der Waals surface area contributed by atoms with Crippen molar-refractivity contribution in [2.45, 2.75) is 38.8 Å². The molecule has 2 aliphatic rings. The van der Waals surface area contributed by atoms with Crippen molar-refractivity contribution < 1.29 is 13.9 Å². The average molecular weight is 518 g/mol. The number of carbonyl (C=O) groups excluding carboxylic acids is 1. The topological polar surface area (TPSA) is 64.7 Å². The Hall–Kier alpha value is -2.39. The number of anilines is 2. The summed E-state index contributed by atoms with van der Waals surface area (Å²) in [5, 5.41) is 1.56. The minimum absolute atomic E-state index is 0.414. The van der Waals surface area contributed by atoms with Crippen molar-refractivity contribution in [2.75, 3.05) is 43.5 Å². The fourth-order valence-electron chi connectivity index (χ4n) is 5.23. The Labute approximate surface area is 201 Å². The van der Waals surface area contributed by atoms with E-state index in [4.69, 9.17) is 4.74 Å². The SMILES string of the molecule is CN(C(=O)OC(C)(C)C)c1cc(F)cc2c1[nH]c1ncc(Br)c(N3C[C@H]4CCN(C)[C@H]4C3)c12. The Morgan fingerprint density at radius 1 is 1.33 bits per heavy atom. The van der Waals surface area contributed by atoms with Crippen LogP contribution in [0.2, 0.25) is 0 Å². The summed E-state index contributed by atoms with van der Waals surface area (Å²) in [5.41, 5.74) is 2.10. The summed E-state index contributed by atoms with van der Waals surface area (Å²) in [4.78, 5) is 26.8. The van der Waals surface area contributed by atoms with Gasteiger partial charge in [-0.25, -0.2) is 14.2 Å². The molecular formula is C24H29BrFN5O2. The number of nitrogens with one attached hydrogen (secondary N) is 1. The molecule has 7 nitrogen and oxygen atoms in total. The highest BCUT2D eigenvalue weighted by atomic mass is 79.9. The van der Waals surface area contributed by atoms with Gasteiger partial charge in [0.15, 0.2) is 0 Å². The molecule has 5 rings (SSSR count). The van der Waals surface area contributed by atoms with Crippen molar-refractivity contribution in [3.63, 3.8) is 0 Å². The smallest absolute Gasteiger partial charge is 0.414 e. The summed E-state index contributed by atoms with van der Waals surface area (Å²) in [7, 11) is 3.78. The molecule has 0 aliphatic carbocycles. The molecule has 2 atom stereocenters. The molecule has 33 heavy (non-hydrogen) atoms. The van der Waals surface area contributed by atoms with Gasteiger partial charge in [-0.05, 0) is 74.8 Å². The molecule has 0 saturated carbocycles. The van der Waals surface area contributed by atoms with Crippen LogP contribution in [-0.4, -0.2) is 66.3 Å². The monoisotopic (exact) mass is 517 g/mol. The van der Waals surface area contributed by atoms with E-state index in [1.54, 1.807) is 34.0 Å². The first-order valence-corrected chi connectivity index (χ1v) is 12.0. The minimum atomic E-state index is -0.654. The van der Waals surface area contributed by atoms with E-state index in [1.165, 1.54) is 23.5 Å². The lowest BCUT2D eigenvalue weighted by Crippen LogP contribution is -2.34. The van der Waals surface area contributed by atoms with Gasteiger partial charge in [0.25, 0.3) is 0 Å². The number of likely N-dealkylation sites (N-methyl/N-ethyl adjacent to an activating group) is 1. The van der Waals surface area contributed by atoms with E-state index in [9.17, 15) is 9.18 Å². The molecule has 0 radical (unpaired) electrons. The number of aromatic nitrogens is 2. The molecular weight excluding hydrogens is 489 g/mol. The zero-order valence-corrected chi connectivity index (χ0v) is 21.2. The Morgan fingerprint density at radius 3 is 2.79 bits per heavy atom. The maximum atomic E-state index is 14.9. The van der Waals surface area contributed by atoms with E-state index in [1.807, 2.05) is 0 Å². The fraction of sp³-hybridized carbons (Fsp3) is 0.500. The van der Waals surface area contributed by atoms with Gasteiger partial charge in [0.1, 0.15) is 17.1 Å². The average Bonchev–Trinajstić information content (AvgIpc) is 3.40. The van der Waals surface area contributed by atoms with Gasteiger partial charge in [0.2, 0.25) is 0 Å². The number of H-pyrrole nitrogens is 1. The van der Waals surface area contributed by atoms with Crippen molar-refractivity contribution in [1.82, 2.24) is 14.9 Å². The molecule has 1 aromatic carbocycles. The van der Waals surface area contributed by atoms with Crippen LogP contribution in [0.1, 0.15) is 27.2 Å². The van der Waals surface area contributed by atoms with Crippen molar-refractivity contribution in [3.8, 4) is 0 Å². The summed E-state index contributed by atoms with van der Waals surface area (Å²) in [6.45, 7) is 8.43. The first kappa shape index (κ1) is 22.4. The van der Waals surface area contributed by atoms with E-state index in [0.29, 0.717) is 34.2 Å². The number of halogens is 2. The number of ether oxygens (including phenoxy) is 1. The van der Waals surface area contributed by atoms with Crippen molar-refractivity contribution in [3.05, 3.63) is 28.6 Å². The third kappa shape index (κ3) is 3.85. The van der Waals surface area contributed by atoms with Crippen molar-refractivity contribution in [1.29, 1.82) is 0 Å². The third-order valence-electron chi connectivity index (χ3n) is 6.77. The number of nitrogens with zero attached hydrogens (tertiary/aromatic N) is 4. The zero-order chi connectivity index (χ0) is 23.7. The number of likely N-dealkylation sites (tertiary alicyclic amines) is 1. The standard InChI is InChI=1S/C24H29BrFN5O2/c1-24(2,3)33-23(32)30(5)17-9-14(26)8-15-19-21(16(25)10-27-22(19)28-20(15)17)31-11-13-6-7-29(4)18(13)12-31/h8-10,13,18H,6-7,11-12H2,1-5H3,(H,27,28)/t13-,18+/m1/s1. The fourth-order valence-corrected chi connectivity index (χ4v) is 5.78. The summed E-state index contributed by atoms with van der Waals surface area (Å²) in [6, 6.07) is 3.39. The number of carbonyl (C=O) groups is 1. The maximum absolute atomic E-state index is 14.9. The number of amides is 1. The Bertz CT molecular complexity index is 1250. The normalized spacial score (nSPS) is 21.2. The first-order valence-electron chi connectivity index (χ1n) is 11.2. The van der Waals surface area contributed by atoms with Crippen molar-refractivity contribution >= 4 is 55.3 Å². The molecule has 3 aromatic rings. The number of pyridine rings is 1. The van der Waals surface area contributed by atoms with Gasteiger partial charge in [0, 0.05) is 37.8 Å². The summed E-state index contributed by atoms with van der Waals surface area (Å²) in [6.07, 6.45) is 2.44. The molecule has 2 fully saturated rings. The highest BCUT2D eigenvalue weighted by Gasteiger charge is 2.40. The highest BCUT2D eigenvalue weighted by Crippen LogP contribution is 2.44. The second-order valence-corrected chi connectivity index (χ2v) is 11.0. The van der Waals surface area contributed by atoms with Gasteiger partial charge in [-0.15, -0.1) is 0 Å². The zero-order valence-electron chi connectivity index (χ0n) is 19.6. The lowest BCUT2D eigenvalue weighted by atomic mass is 10.1. The van der Waals surface area contributed by atoms with Crippen LogP contribution >= 0.6 is 15.9 Å². The lowest BCUT2D eigenvalue weighted by Gasteiger charge is -2.25. The molecule has 1 amide bonds. The van der Waals surface area contributed by atoms with E-state index in [-0.39, 0.29) is 0 Å². The van der Waals surface area contributed by atoms with Crippen LogP contribution in [0.4, 0.5) is 20.6 Å². The Morgan fingerprint density at radius 2 is 2.09 bits per heavy atom. The molecule has 2 aliphatic heterocycles. The van der Waals surface area contributed by atoms with Gasteiger partial charge in [-0.1, -0.05) is 0 Å². The second kappa shape index (κ2) is 7.84. The maximum Gasteiger partial charge on any atom is 0.414 e. The predicted octanol–water partition coefficient (Wildman–Crippen LogP) is 5.13. The number of benzene rings is 1. The van der Waals surface area contributed by atoms with Crippen LogP contribution in [0.15, 0.2) is 22.8 Å². The molecule has 1 N–H and O–H groups in total. The van der Waals surface area contributed by atoms with E-state index < -0.39 is 17.5 Å².